The van der Waals surface area contributed by atoms with E-state index in [2.05, 4.69) is 9.88 Å². The summed E-state index contributed by atoms with van der Waals surface area (Å²) in [6.45, 7) is 1.67. The molecular formula is C18H18N4O. The molecule has 0 amide bonds. The van der Waals surface area contributed by atoms with Gasteiger partial charge in [0, 0.05) is 24.7 Å². The van der Waals surface area contributed by atoms with Crippen LogP contribution in [0.3, 0.4) is 0 Å². The van der Waals surface area contributed by atoms with E-state index in [4.69, 9.17) is 15.1 Å². The van der Waals surface area contributed by atoms with Gasteiger partial charge in [-0.15, -0.1) is 0 Å². The van der Waals surface area contributed by atoms with Crippen LogP contribution in [0.2, 0.25) is 0 Å². The highest BCUT2D eigenvalue weighted by Crippen LogP contribution is 2.27. The van der Waals surface area contributed by atoms with Crippen LogP contribution in [0.15, 0.2) is 59.2 Å². The van der Waals surface area contributed by atoms with Gasteiger partial charge in [0.15, 0.2) is 5.76 Å². The zero-order chi connectivity index (χ0) is 15.6. The maximum Gasteiger partial charge on any atom is 0.226 e. The molecule has 2 N–H and O–H groups in total. The highest BCUT2D eigenvalue weighted by atomic mass is 16.3. The molecule has 1 atom stereocenters. The molecule has 1 aromatic carbocycles. The Morgan fingerprint density at radius 1 is 1.04 bits per heavy atom. The number of rotatable bonds is 3. The van der Waals surface area contributed by atoms with Crippen LogP contribution < -0.4 is 10.6 Å². The van der Waals surface area contributed by atoms with E-state index in [1.807, 2.05) is 48.5 Å². The Balaban J connectivity index is 1.81. The molecule has 5 heteroatoms. The van der Waals surface area contributed by atoms with E-state index in [9.17, 15) is 0 Å². The number of anilines is 1. The first kappa shape index (κ1) is 14.0. The lowest BCUT2D eigenvalue weighted by Crippen LogP contribution is -2.27. The van der Waals surface area contributed by atoms with E-state index in [1.54, 1.807) is 6.26 Å². The predicted molar refractivity (Wildman–Crippen MR) is 90.0 cm³/mol. The average molecular weight is 306 g/mol. The van der Waals surface area contributed by atoms with Crippen molar-refractivity contribution in [3.05, 3.63) is 54.8 Å². The quantitative estimate of drug-likeness (QED) is 0.805. The summed E-state index contributed by atoms with van der Waals surface area (Å²) in [5.41, 5.74) is 8.77. The second-order valence-electron chi connectivity index (χ2n) is 5.78. The number of benzene rings is 1. The standard InChI is InChI=1S/C18H18N4O/c19-14-8-9-22(12-14)18-20-15(13-5-2-1-3-6-13)11-16(21-18)17-7-4-10-23-17/h1-7,10-11,14H,8-9,12,19H2/t14-/m0/s1. The minimum absolute atomic E-state index is 0.186. The highest BCUT2D eigenvalue weighted by Gasteiger charge is 2.23. The van der Waals surface area contributed by atoms with Crippen molar-refractivity contribution in [2.24, 2.45) is 5.73 Å². The Morgan fingerprint density at radius 2 is 1.87 bits per heavy atom. The molecule has 116 valence electrons. The molecule has 0 spiro atoms. The zero-order valence-corrected chi connectivity index (χ0v) is 12.7. The second-order valence-corrected chi connectivity index (χ2v) is 5.78. The van der Waals surface area contributed by atoms with Gasteiger partial charge in [-0.05, 0) is 24.6 Å². The van der Waals surface area contributed by atoms with Crippen LogP contribution in [0.4, 0.5) is 5.95 Å². The molecule has 23 heavy (non-hydrogen) atoms. The van der Waals surface area contributed by atoms with Crippen LogP contribution >= 0.6 is 0 Å². The van der Waals surface area contributed by atoms with Crippen LogP contribution in [-0.4, -0.2) is 29.1 Å². The van der Waals surface area contributed by atoms with Gasteiger partial charge in [0.25, 0.3) is 0 Å². The lowest BCUT2D eigenvalue weighted by atomic mass is 10.1. The van der Waals surface area contributed by atoms with Gasteiger partial charge < -0.3 is 15.1 Å². The molecule has 1 fully saturated rings. The molecule has 3 aromatic rings. The van der Waals surface area contributed by atoms with Crippen molar-refractivity contribution in [1.29, 1.82) is 0 Å². The molecule has 0 bridgehead atoms. The molecule has 1 saturated heterocycles. The summed E-state index contributed by atoms with van der Waals surface area (Å²) in [5.74, 6) is 1.46. The smallest absolute Gasteiger partial charge is 0.226 e. The van der Waals surface area contributed by atoms with Crippen LogP contribution in [-0.2, 0) is 0 Å². The summed E-state index contributed by atoms with van der Waals surface area (Å²) >= 11 is 0. The lowest BCUT2D eigenvalue weighted by Gasteiger charge is -2.17. The molecule has 0 aliphatic carbocycles. The third kappa shape index (κ3) is 2.83. The van der Waals surface area contributed by atoms with Crippen LogP contribution in [0.25, 0.3) is 22.7 Å². The van der Waals surface area contributed by atoms with Gasteiger partial charge in [0.2, 0.25) is 5.95 Å². The topological polar surface area (TPSA) is 68.2 Å². The third-order valence-electron chi connectivity index (χ3n) is 4.07. The normalized spacial score (nSPS) is 17.6. The molecule has 2 aromatic heterocycles. The van der Waals surface area contributed by atoms with E-state index in [0.29, 0.717) is 5.95 Å². The van der Waals surface area contributed by atoms with E-state index in [-0.39, 0.29) is 6.04 Å². The summed E-state index contributed by atoms with van der Waals surface area (Å²) in [5, 5.41) is 0. The van der Waals surface area contributed by atoms with Crippen molar-refractivity contribution >= 4 is 5.95 Å². The van der Waals surface area contributed by atoms with Gasteiger partial charge in [-0.1, -0.05) is 30.3 Å². The molecule has 5 nitrogen and oxygen atoms in total. The highest BCUT2D eigenvalue weighted by molar-refractivity contribution is 5.67. The molecule has 0 radical (unpaired) electrons. The molecule has 3 heterocycles. The zero-order valence-electron chi connectivity index (χ0n) is 12.7. The van der Waals surface area contributed by atoms with Crippen molar-refractivity contribution in [3.63, 3.8) is 0 Å². The number of nitrogens with zero attached hydrogens (tertiary/aromatic N) is 3. The maximum atomic E-state index is 6.03. The summed E-state index contributed by atoms with van der Waals surface area (Å²) in [4.78, 5) is 11.6. The monoisotopic (exact) mass is 306 g/mol. The van der Waals surface area contributed by atoms with Crippen LogP contribution in [0.5, 0.6) is 0 Å². The number of aromatic nitrogens is 2. The summed E-state index contributed by atoms with van der Waals surface area (Å²) in [7, 11) is 0. The van der Waals surface area contributed by atoms with Crippen molar-refractivity contribution in [2.45, 2.75) is 12.5 Å². The SMILES string of the molecule is N[C@H]1CCN(c2nc(-c3ccccc3)cc(-c3ccco3)n2)C1. The van der Waals surface area contributed by atoms with Gasteiger partial charge in [-0.3, -0.25) is 0 Å². The Labute approximate surface area is 134 Å². The molecular weight excluding hydrogens is 288 g/mol. The maximum absolute atomic E-state index is 6.03. The van der Waals surface area contributed by atoms with E-state index in [0.717, 1.165) is 42.2 Å². The molecule has 1 aliphatic heterocycles. The minimum Gasteiger partial charge on any atom is -0.463 e. The first-order valence-corrected chi connectivity index (χ1v) is 7.78. The Kier molecular flexibility index (Phi) is 3.55. The number of furan rings is 1. The second kappa shape index (κ2) is 5.85. The molecule has 4 rings (SSSR count). The Bertz CT molecular complexity index is 786. The number of hydrogen-bond acceptors (Lipinski definition) is 5. The van der Waals surface area contributed by atoms with Gasteiger partial charge in [-0.2, -0.15) is 0 Å². The first-order valence-electron chi connectivity index (χ1n) is 7.78. The van der Waals surface area contributed by atoms with Crippen LogP contribution in [0.1, 0.15) is 6.42 Å². The van der Waals surface area contributed by atoms with Crippen molar-refractivity contribution in [2.75, 3.05) is 18.0 Å². The van der Waals surface area contributed by atoms with E-state index < -0.39 is 0 Å². The van der Waals surface area contributed by atoms with Gasteiger partial charge in [0.05, 0.1) is 12.0 Å². The van der Waals surface area contributed by atoms with Crippen molar-refractivity contribution < 1.29 is 4.42 Å². The minimum atomic E-state index is 0.186. The van der Waals surface area contributed by atoms with Crippen molar-refractivity contribution in [1.82, 2.24) is 9.97 Å². The fraction of sp³-hybridized carbons (Fsp3) is 0.222. The molecule has 0 unspecified atom stereocenters. The van der Waals surface area contributed by atoms with Crippen molar-refractivity contribution in [3.8, 4) is 22.7 Å². The number of nitrogens with two attached hydrogens (primary N) is 1. The third-order valence-corrected chi connectivity index (χ3v) is 4.07. The Hall–Kier alpha value is -2.66. The largest absolute Gasteiger partial charge is 0.463 e. The average Bonchev–Trinajstić information content (AvgIpc) is 3.27. The van der Waals surface area contributed by atoms with Gasteiger partial charge in [0.1, 0.15) is 5.69 Å². The summed E-state index contributed by atoms with van der Waals surface area (Å²) in [6, 6.07) is 16.0. The van der Waals surface area contributed by atoms with Crippen LogP contribution in [0, 0.1) is 0 Å². The number of hydrogen-bond donors (Lipinski definition) is 1. The fourth-order valence-electron chi connectivity index (χ4n) is 2.85. The van der Waals surface area contributed by atoms with Gasteiger partial charge >= 0.3 is 0 Å². The van der Waals surface area contributed by atoms with E-state index in [1.165, 1.54) is 0 Å². The lowest BCUT2D eigenvalue weighted by molar-refractivity contribution is 0.579. The Morgan fingerprint density at radius 3 is 2.57 bits per heavy atom. The summed E-state index contributed by atoms with van der Waals surface area (Å²) < 4.78 is 5.52. The van der Waals surface area contributed by atoms with E-state index >= 15 is 0 Å². The molecule has 0 saturated carbocycles. The predicted octanol–water partition coefficient (Wildman–Crippen LogP) is 2.94. The summed E-state index contributed by atoms with van der Waals surface area (Å²) in [6.07, 6.45) is 2.63. The molecule has 1 aliphatic rings. The fourth-order valence-corrected chi connectivity index (χ4v) is 2.85. The van der Waals surface area contributed by atoms with Gasteiger partial charge in [-0.25, -0.2) is 9.97 Å². The first-order chi connectivity index (χ1) is 11.3.